The van der Waals surface area contributed by atoms with Crippen molar-refractivity contribution in [2.24, 2.45) is 11.3 Å². The number of rotatable bonds is 9. The fourth-order valence-electron chi connectivity index (χ4n) is 7.80. The van der Waals surface area contributed by atoms with E-state index < -0.39 is 11.4 Å². The molecule has 1 saturated carbocycles. The number of aryl methyl sites for hydroxylation is 2. The van der Waals surface area contributed by atoms with E-state index in [1.54, 1.807) is 6.07 Å². The number of aliphatic carboxylic acids is 1. The number of carbonyl (C=O) groups is 1. The second kappa shape index (κ2) is 11.5. The number of hydrogen-bond donors (Lipinski definition) is 1. The number of aromatic nitrogens is 2. The van der Waals surface area contributed by atoms with Crippen LogP contribution in [0.5, 0.6) is 0 Å². The standard InChI is InChI=1S/C31H45FN4O2/c1-4-27-22(3)33-36(5-2)29(27)23-11-15-34(16-12-23)18-25-19-35(21-31(30(37)38)13-6-7-14-31)20-28(25)24-9-8-10-26(32)17-24/h8-10,17,23,25,28H,4-7,11-16,18-21H2,1-3H3,(H,37,38)/t25-,28+/m0/s1. The second-order valence-electron chi connectivity index (χ2n) is 12.1. The maximum absolute atomic E-state index is 14.2. The summed E-state index contributed by atoms with van der Waals surface area (Å²) in [5.41, 5.74) is 4.50. The molecule has 3 aliphatic rings. The number of likely N-dealkylation sites (tertiary alicyclic amines) is 2. The van der Waals surface area contributed by atoms with E-state index in [-0.39, 0.29) is 11.7 Å². The molecule has 1 aromatic carbocycles. The number of nitrogens with zero attached hydrogens (tertiary/aromatic N) is 4. The monoisotopic (exact) mass is 524 g/mol. The number of carboxylic acids is 1. The van der Waals surface area contributed by atoms with Gasteiger partial charge in [0, 0.05) is 50.3 Å². The molecule has 0 bridgehead atoms. The summed E-state index contributed by atoms with van der Waals surface area (Å²) in [6, 6.07) is 7.08. The van der Waals surface area contributed by atoms with Gasteiger partial charge in [-0.15, -0.1) is 0 Å². The zero-order valence-electron chi connectivity index (χ0n) is 23.5. The first-order valence-electron chi connectivity index (χ1n) is 14.8. The number of hydrogen-bond acceptors (Lipinski definition) is 4. The van der Waals surface area contributed by atoms with Gasteiger partial charge in [-0.25, -0.2) is 4.39 Å². The largest absolute Gasteiger partial charge is 0.481 e. The Balaban J connectivity index is 1.28. The van der Waals surface area contributed by atoms with Gasteiger partial charge in [0.1, 0.15) is 5.82 Å². The van der Waals surface area contributed by atoms with Crippen LogP contribution in [0.4, 0.5) is 4.39 Å². The lowest BCUT2D eigenvalue weighted by Crippen LogP contribution is -2.41. The summed E-state index contributed by atoms with van der Waals surface area (Å²) in [6.07, 6.45) is 6.86. The van der Waals surface area contributed by atoms with Gasteiger partial charge in [0.2, 0.25) is 0 Å². The van der Waals surface area contributed by atoms with Crippen molar-refractivity contribution >= 4 is 5.97 Å². The van der Waals surface area contributed by atoms with Crippen molar-refractivity contribution in [3.63, 3.8) is 0 Å². The number of halogens is 1. The summed E-state index contributed by atoms with van der Waals surface area (Å²) in [5, 5.41) is 14.9. The number of carboxylic acid groups (broad SMARTS) is 1. The fraction of sp³-hybridized carbons (Fsp3) is 0.677. The van der Waals surface area contributed by atoms with Gasteiger partial charge in [0.25, 0.3) is 0 Å². The van der Waals surface area contributed by atoms with Crippen molar-refractivity contribution in [2.75, 3.05) is 39.3 Å². The first-order valence-corrected chi connectivity index (χ1v) is 14.8. The molecule has 1 aromatic heterocycles. The average Bonchev–Trinajstić information content (AvgIpc) is 3.62. The third-order valence-electron chi connectivity index (χ3n) is 9.75. The van der Waals surface area contributed by atoms with Crippen molar-refractivity contribution < 1.29 is 14.3 Å². The lowest BCUT2D eigenvalue weighted by atomic mass is 9.85. The molecular weight excluding hydrogens is 479 g/mol. The smallest absolute Gasteiger partial charge is 0.310 e. The number of benzene rings is 1. The highest BCUT2D eigenvalue weighted by Crippen LogP contribution is 2.42. The maximum atomic E-state index is 14.2. The summed E-state index contributed by atoms with van der Waals surface area (Å²) >= 11 is 0. The third kappa shape index (κ3) is 5.42. The SMILES string of the molecule is CCc1c(C)nn(CC)c1C1CCN(C[C@H]2CN(CC3(C(=O)O)CCCC3)C[C@@H]2c2cccc(F)c2)CC1. The summed E-state index contributed by atoms with van der Waals surface area (Å²) in [5.74, 6) is 0.324. The highest BCUT2D eigenvalue weighted by molar-refractivity contribution is 5.75. The summed E-state index contributed by atoms with van der Waals surface area (Å²) in [4.78, 5) is 17.2. The molecule has 3 heterocycles. The molecule has 3 fully saturated rings. The van der Waals surface area contributed by atoms with Gasteiger partial charge in [-0.1, -0.05) is 31.9 Å². The van der Waals surface area contributed by atoms with Crippen LogP contribution in [-0.2, 0) is 17.8 Å². The molecule has 6 nitrogen and oxygen atoms in total. The Kier molecular flexibility index (Phi) is 8.25. The van der Waals surface area contributed by atoms with Crippen molar-refractivity contribution in [2.45, 2.75) is 84.1 Å². The number of piperidine rings is 1. The normalized spacial score (nSPS) is 24.8. The van der Waals surface area contributed by atoms with Crippen LogP contribution in [-0.4, -0.2) is 69.9 Å². The second-order valence-corrected chi connectivity index (χ2v) is 12.1. The summed E-state index contributed by atoms with van der Waals surface area (Å²) in [7, 11) is 0. The van der Waals surface area contributed by atoms with Gasteiger partial charge >= 0.3 is 5.97 Å². The Hall–Kier alpha value is -2.25. The van der Waals surface area contributed by atoms with E-state index in [9.17, 15) is 14.3 Å². The fourth-order valence-corrected chi connectivity index (χ4v) is 7.80. The lowest BCUT2D eigenvalue weighted by Gasteiger charge is -2.35. The molecule has 0 spiro atoms. The van der Waals surface area contributed by atoms with Crippen LogP contribution in [0.15, 0.2) is 24.3 Å². The molecule has 38 heavy (non-hydrogen) atoms. The quantitative estimate of drug-likeness (QED) is 0.473. The summed E-state index contributed by atoms with van der Waals surface area (Å²) in [6.45, 7) is 12.9. The van der Waals surface area contributed by atoms with E-state index >= 15 is 0 Å². The van der Waals surface area contributed by atoms with Gasteiger partial charge in [-0.05, 0) is 88.2 Å². The Morgan fingerprint density at radius 2 is 1.87 bits per heavy atom. The van der Waals surface area contributed by atoms with Gasteiger partial charge in [-0.3, -0.25) is 9.48 Å². The Morgan fingerprint density at radius 1 is 1.13 bits per heavy atom. The molecule has 0 amide bonds. The van der Waals surface area contributed by atoms with Crippen LogP contribution in [0.3, 0.4) is 0 Å². The van der Waals surface area contributed by atoms with E-state index in [0.29, 0.717) is 18.4 Å². The third-order valence-corrected chi connectivity index (χ3v) is 9.75. The van der Waals surface area contributed by atoms with E-state index in [1.807, 2.05) is 6.07 Å². The van der Waals surface area contributed by atoms with Crippen LogP contribution in [0, 0.1) is 24.1 Å². The molecule has 0 unspecified atom stereocenters. The van der Waals surface area contributed by atoms with Crippen LogP contribution < -0.4 is 0 Å². The van der Waals surface area contributed by atoms with E-state index in [1.165, 1.54) is 23.0 Å². The first-order chi connectivity index (χ1) is 18.3. The molecule has 2 aromatic rings. The minimum atomic E-state index is -0.643. The van der Waals surface area contributed by atoms with Crippen LogP contribution in [0.1, 0.15) is 86.7 Å². The molecule has 2 atom stereocenters. The molecule has 5 rings (SSSR count). The zero-order valence-corrected chi connectivity index (χ0v) is 23.5. The van der Waals surface area contributed by atoms with E-state index in [0.717, 1.165) is 89.8 Å². The van der Waals surface area contributed by atoms with Gasteiger partial charge in [0.05, 0.1) is 11.1 Å². The molecule has 1 aliphatic carbocycles. The molecule has 208 valence electrons. The average molecular weight is 525 g/mol. The van der Waals surface area contributed by atoms with Crippen LogP contribution in [0.2, 0.25) is 0 Å². The first kappa shape index (κ1) is 27.3. The minimum Gasteiger partial charge on any atom is -0.481 e. The van der Waals surface area contributed by atoms with Crippen molar-refractivity contribution in [1.82, 2.24) is 19.6 Å². The van der Waals surface area contributed by atoms with Crippen LogP contribution in [0.25, 0.3) is 0 Å². The van der Waals surface area contributed by atoms with Crippen molar-refractivity contribution in [3.8, 4) is 0 Å². The molecule has 2 aliphatic heterocycles. The Morgan fingerprint density at radius 3 is 2.50 bits per heavy atom. The van der Waals surface area contributed by atoms with Crippen molar-refractivity contribution in [3.05, 3.63) is 52.6 Å². The van der Waals surface area contributed by atoms with Gasteiger partial charge < -0.3 is 14.9 Å². The summed E-state index contributed by atoms with van der Waals surface area (Å²) < 4.78 is 16.4. The predicted molar refractivity (Wildman–Crippen MR) is 148 cm³/mol. The van der Waals surface area contributed by atoms with E-state index in [2.05, 4.69) is 41.3 Å². The maximum Gasteiger partial charge on any atom is 0.310 e. The molecule has 1 N–H and O–H groups in total. The molecule has 0 radical (unpaired) electrons. The lowest BCUT2D eigenvalue weighted by molar-refractivity contribution is -0.149. The molecule has 2 saturated heterocycles. The van der Waals surface area contributed by atoms with Crippen molar-refractivity contribution in [1.29, 1.82) is 0 Å². The van der Waals surface area contributed by atoms with Gasteiger partial charge in [-0.2, -0.15) is 5.10 Å². The topological polar surface area (TPSA) is 61.6 Å². The minimum absolute atomic E-state index is 0.187. The van der Waals surface area contributed by atoms with E-state index in [4.69, 9.17) is 5.10 Å². The highest BCUT2D eigenvalue weighted by Gasteiger charge is 2.45. The van der Waals surface area contributed by atoms with Gasteiger partial charge in [0.15, 0.2) is 0 Å². The molecule has 7 heteroatoms. The zero-order chi connectivity index (χ0) is 26.9. The molecular formula is C31H45FN4O2. The predicted octanol–water partition coefficient (Wildman–Crippen LogP) is 5.45. The van der Waals surface area contributed by atoms with Crippen LogP contribution >= 0.6 is 0 Å². The highest BCUT2D eigenvalue weighted by atomic mass is 19.1. The Labute approximate surface area is 227 Å². The Bertz CT molecular complexity index is 1120.